The molecular formula is C28H23NPS+. The van der Waals surface area contributed by atoms with Gasteiger partial charge in [0.05, 0.1) is 0 Å². The molecule has 0 radical (unpaired) electrons. The fourth-order valence-corrected chi connectivity index (χ4v) is 9.57. The van der Waals surface area contributed by atoms with E-state index in [1.165, 1.54) is 32.3 Å². The lowest BCUT2D eigenvalue weighted by atomic mass is 10.1. The molecule has 1 nitrogen and oxygen atoms in total. The number of nitrogens with zero attached hydrogens (tertiary/aromatic N) is 1. The van der Waals surface area contributed by atoms with E-state index in [1.54, 1.807) is 11.3 Å². The Kier molecular flexibility index (Phi) is 5.51. The number of thiophene rings is 1. The largest absolute Gasteiger partial charge is 0.261 e. The molecule has 0 bridgehead atoms. The van der Waals surface area contributed by atoms with Crippen molar-refractivity contribution in [1.82, 2.24) is 4.98 Å². The van der Waals surface area contributed by atoms with Gasteiger partial charge in [-0.1, -0.05) is 54.6 Å². The first-order valence-corrected chi connectivity index (χ1v) is 13.1. The summed E-state index contributed by atoms with van der Waals surface area (Å²) >= 11 is 1.73. The molecule has 3 heteroatoms. The standard InChI is InChI=1S/C28H23NPS/c1-22-28(23-18-20-31-21-23)27(17-19-29-22)30(24-11-5-2-6-12-24,25-13-7-3-8-14-25)26-15-9-4-10-16-26/h2-21H,1H3/q+1. The average Bonchev–Trinajstić information content (AvgIpc) is 3.36. The first-order valence-electron chi connectivity index (χ1n) is 10.4. The van der Waals surface area contributed by atoms with Crippen LogP contribution < -0.4 is 21.2 Å². The van der Waals surface area contributed by atoms with Crippen molar-refractivity contribution in [3.05, 3.63) is 126 Å². The van der Waals surface area contributed by atoms with Gasteiger partial charge in [-0.2, -0.15) is 11.3 Å². The Morgan fingerprint density at radius 2 is 1.16 bits per heavy atom. The van der Waals surface area contributed by atoms with Crippen LogP contribution in [0.25, 0.3) is 11.1 Å². The lowest BCUT2D eigenvalue weighted by molar-refractivity contribution is 1.21. The third kappa shape index (κ3) is 3.43. The van der Waals surface area contributed by atoms with E-state index in [9.17, 15) is 0 Å². The van der Waals surface area contributed by atoms with Gasteiger partial charge in [-0.15, -0.1) is 0 Å². The summed E-state index contributed by atoms with van der Waals surface area (Å²) in [6.45, 7) is 2.13. The van der Waals surface area contributed by atoms with Gasteiger partial charge in [-0.3, -0.25) is 4.98 Å². The monoisotopic (exact) mass is 436 g/mol. The Balaban J connectivity index is 1.97. The van der Waals surface area contributed by atoms with Crippen LogP contribution in [0.5, 0.6) is 0 Å². The van der Waals surface area contributed by atoms with Gasteiger partial charge in [-0.25, -0.2) is 0 Å². The van der Waals surface area contributed by atoms with Gasteiger partial charge in [0, 0.05) is 23.5 Å². The van der Waals surface area contributed by atoms with Crippen molar-refractivity contribution in [3.8, 4) is 11.1 Å². The lowest BCUT2D eigenvalue weighted by Gasteiger charge is -2.29. The van der Waals surface area contributed by atoms with E-state index in [1.807, 2.05) is 6.20 Å². The molecule has 2 aromatic heterocycles. The molecule has 31 heavy (non-hydrogen) atoms. The molecule has 0 spiro atoms. The summed E-state index contributed by atoms with van der Waals surface area (Å²) in [7, 11) is -2.15. The average molecular weight is 437 g/mol. The second kappa shape index (κ2) is 8.59. The molecule has 0 aliphatic carbocycles. The highest BCUT2D eigenvalue weighted by Crippen LogP contribution is 2.56. The van der Waals surface area contributed by atoms with E-state index >= 15 is 0 Å². The molecule has 0 atom stereocenters. The number of aryl methyl sites for hydroxylation is 1. The van der Waals surface area contributed by atoms with Crippen LogP contribution in [0.15, 0.2) is 120 Å². The van der Waals surface area contributed by atoms with Crippen molar-refractivity contribution >= 4 is 39.8 Å². The second-order valence-electron chi connectivity index (χ2n) is 7.48. The van der Waals surface area contributed by atoms with E-state index in [2.05, 4.69) is 121 Å². The molecule has 5 rings (SSSR count). The molecule has 2 heterocycles. The van der Waals surface area contributed by atoms with Crippen molar-refractivity contribution in [2.75, 3.05) is 0 Å². The molecule has 0 saturated heterocycles. The minimum Gasteiger partial charge on any atom is -0.261 e. The van der Waals surface area contributed by atoms with Crippen molar-refractivity contribution in [1.29, 1.82) is 0 Å². The van der Waals surface area contributed by atoms with Crippen molar-refractivity contribution < 1.29 is 0 Å². The van der Waals surface area contributed by atoms with Gasteiger partial charge >= 0.3 is 0 Å². The first-order chi connectivity index (χ1) is 15.3. The number of pyridine rings is 1. The summed E-state index contributed by atoms with van der Waals surface area (Å²) < 4.78 is 0. The van der Waals surface area contributed by atoms with Crippen LogP contribution in [0, 0.1) is 6.92 Å². The fourth-order valence-electron chi connectivity index (χ4n) is 4.42. The first kappa shape index (κ1) is 19.9. The highest BCUT2D eigenvalue weighted by Gasteiger charge is 2.49. The number of benzene rings is 3. The van der Waals surface area contributed by atoms with Crippen LogP contribution >= 0.6 is 18.6 Å². The van der Waals surface area contributed by atoms with Crippen molar-refractivity contribution in [2.24, 2.45) is 0 Å². The van der Waals surface area contributed by atoms with Crippen LogP contribution in [0.1, 0.15) is 5.69 Å². The Bertz CT molecular complexity index is 1170. The number of rotatable bonds is 5. The molecule has 0 N–H and O–H groups in total. The third-order valence-electron chi connectivity index (χ3n) is 5.72. The summed E-state index contributed by atoms with van der Waals surface area (Å²) in [4.78, 5) is 4.71. The van der Waals surface area contributed by atoms with E-state index in [-0.39, 0.29) is 0 Å². The van der Waals surface area contributed by atoms with Gasteiger partial charge in [0.2, 0.25) is 0 Å². The maximum atomic E-state index is 4.71. The molecule has 0 fully saturated rings. The Morgan fingerprint density at radius 3 is 1.61 bits per heavy atom. The summed E-state index contributed by atoms with van der Waals surface area (Å²) in [5, 5.41) is 9.82. The van der Waals surface area contributed by atoms with Crippen LogP contribution in [0.4, 0.5) is 0 Å². The van der Waals surface area contributed by atoms with Crippen LogP contribution in [0.3, 0.4) is 0 Å². The fraction of sp³-hybridized carbons (Fsp3) is 0.0357. The molecule has 150 valence electrons. The van der Waals surface area contributed by atoms with E-state index in [0.29, 0.717) is 0 Å². The molecule has 0 unspecified atom stereocenters. The minimum atomic E-state index is -2.15. The van der Waals surface area contributed by atoms with Crippen LogP contribution in [-0.2, 0) is 0 Å². The van der Waals surface area contributed by atoms with Crippen LogP contribution in [-0.4, -0.2) is 4.98 Å². The highest BCUT2D eigenvalue weighted by molar-refractivity contribution is 8.01. The third-order valence-corrected chi connectivity index (χ3v) is 10.7. The zero-order valence-electron chi connectivity index (χ0n) is 17.3. The van der Waals surface area contributed by atoms with Crippen molar-refractivity contribution in [2.45, 2.75) is 6.92 Å². The SMILES string of the molecule is Cc1nccc([P+](c2ccccc2)(c2ccccc2)c2ccccc2)c1-c1ccsc1. The predicted molar refractivity (Wildman–Crippen MR) is 137 cm³/mol. The molecule has 5 aromatic rings. The Hall–Kier alpha value is -3.06. The van der Waals surface area contributed by atoms with Crippen LogP contribution in [0.2, 0.25) is 0 Å². The summed E-state index contributed by atoms with van der Waals surface area (Å²) in [6, 6.07) is 37.5. The maximum absolute atomic E-state index is 4.71. The Labute approximate surface area is 188 Å². The molecule has 0 aliphatic rings. The van der Waals surface area contributed by atoms with Gasteiger partial charge in [0.15, 0.2) is 0 Å². The van der Waals surface area contributed by atoms with Crippen molar-refractivity contribution in [3.63, 3.8) is 0 Å². The summed E-state index contributed by atoms with van der Waals surface area (Å²) in [5.74, 6) is 0. The lowest BCUT2D eigenvalue weighted by Crippen LogP contribution is -2.39. The summed E-state index contributed by atoms with van der Waals surface area (Å²) in [5.41, 5.74) is 3.58. The van der Waals surface area contributed by atoms with Gasteiger partial charge in [0.25, 0.3) is 0 Å². The molecule has 0 amide bonds. The molecule has 3 aromatic carbocycles. The molecule has 0 saturated carbocycles. The quantitative estimate of drug-likeness (QED) is 0.320. The normalized spacial score (nSPS) is 11.4. The Morgan fingerprint density at radius 1 is 0.645 bits per heavy atom. The minimum absolute atomic E-state index is 1.07. The number of hydrogen-bond donors (Lipinski definition) is 0. The van der Waals surface area contributed by atoms with E-state index in [0.717, 1.165) is 5.69 Å². The van der Waals surface area contributed by atoms with E-state index < -0.39 is 7.26 Å². The molecule has 0 aliphatic heterocycles. The maximum Gasteiger partial charge on any atom is 0.145 e. The van der Waals surface area contributed by atoms with Gasteiger partial charge in [-0.05, 0) is 65.7 Å². The number of hydrogen-bond acceptors (Lipinski definition) is 2. The highest BCUT2D eigenvalue weighted by atomic mass is 32.1. The smallest absolute Gasteiger partial charge is 0.145 e. The summed E-state index contributed by atoms with van der Waals surface area (Å²) in [6.07, 6.45) is 1.98. The number of aromatic nitrogens is 1. The topological polar surface area (TPSA) is 12.9 Å². The second-order valence-corrected chi connectivity index (χ2v) is 11.6. The van der Waals surface area contributed by atoms with E-state index in [4.69, 9.17) is 4.98 Å². The predicted octanol–water partition coefficient (Wildman–Crippen LogP) is 5.74. The zero-order chi connectivity index (χ0) is 21.1. The van der Waals surface area contributed by atoms with Gasteiger partial charge in [0.1, 0.15) is 28.5 Å². The van der Waals surface area contributed by atoms with Gasteiger partial charge < -0.3 is 0 Å². The molecular weight excluding hydrogens is 413 g/mol. The zero-order valence-corrected chi connectivity index (χ0v) is 19.1.